The number of allylic oxidation sites excluding steroid dienone is 21. The minimum absolute atomic E-state index is 0.0914. The molecule has 0 spiro atoms. The van der Waals surface area contributed by atoms with Crippen LogP contribution in [0.1, 0.15) is 245 Å². The van der Waals surface area contributed by atoms with E-state index in [-0.39, 0.29) is 12.5 Å². The number of rotatable bonds is 50. The summed E-state index contributed by atoms with van der Waals surface area (Å²) >= 11 is 0. The predicted octanol–water partition coefficient (Wildman–Crippen LogP) is 19.0. The largest absolute Gasteiger partial charge is 0.394 e. The monoisotopic (exact) mass is 938 g/mol. The average Bonchev–Trinajstić information content (AvgIpc) is 3.34. The number of hydrogen-bond donors (Lipinski definition) is 3. The Kier molecular flexibility index (Phi) is 54.9. The van der Waals surface area contributed by atoms with Gasteiger partial charge in [-0.05, 0) is 109 Å². The van der Waals surface area contributed by atoms with Crippen molar-refractivity contribution in [1.29, 1.82) is 0 Å². The van der Waals surface area contributed by atoms with Gasteiger partial charge in [0.15, 0.2) is 0 Å². The SMILES string of the molecule is CC/C=C\C/C=C\C/C=C\C/C=C\C/C=C\C/C=C\C/C=C\C/C=C\CCCCCCCCCCC(=O)NC(CO)C(O)/C=C/CC/C=C/CC/C=C/CCCCCCCCCCCCCCC. The Labute approximate surface area is 421 Å². The summed E-state index contributed by atoms with van der Waals surface area (Å²) in [6.07, 6.45) is 90.3. The van der Waals surface area contributed by atoms with Gasteiger partial charge in [-0.1, -0.05) is 263 Å². The van der Waals surface area contributed by atoms with Crippen molar-refractivity contribution < 1.29 is 15.0 Å². The second kappa shape index (κ2) is 57.8. The van der Waals surface area contributed by atoms with Gasteiger partial charge < -0.3 is 15.5 Å². The third-order valence-corrected chi connectivity index (χ3v) is 12.1. The second-order valence-electron chi connectivity index (χ2n) is 18.6. The van der Waals surface area contributed by atoms with Crippen molar-refractivity contribution in [2.24, 2.45) is 0 Å². The first-order valence-electron chi connectivity index (χ1n) is 28.4. The van der Waals surface area contributed by atoms with E-state index >= 15 is 0 Å². The molecular weight excluding hydrogens is 831 g/mol. The maximum Gasteiger partial charge on any atom is 0.220 e. The molecule has 2 unspecified atom stereocenters. The van der Waals surface area contributed by atoms with E-state index in [0.717, 1.165) is 103 Å². The number of carbonyl (C=O) groups is 1. The van der Waals surface area contributed by atoms with E-state index in [9.17, 15) is 15.0 Å². The molecule has 0 heterocycles. The lowest BCUT2D eigenvalue weighted by Crippen LogP contribution is -2.45. The number of nitrogens with one attached hydrogen (secondary N) is 1. The van der Waals surface area contributed by atoms with E-state index in [4.69, 9.17) is 0 Å². The molecule has 0 bridgehead atoms. The zero-order chi connectivity index (χ0) is 49.2. The normalized spacial score (nSPS) is 13.9. The molecule has 0 aliphatic heterocycles. The quantitative estimate of drug-likeness (QED) is 0.0420. The molecule has 0 aromatic rings. The number of unbranched alkanes of at least 4 members (excludes halogenated alkanes) is 23. The van der Waals surface area contributed by atoms with Crippen LogP contribution in [0.3, 0.4) is 0 Å². The van der Waals surface area contributed by atoms with Gasteiger partial charge in [-0.2, -0.15) is 0 Å². The van der Waals surface area contributed by atoms with Crippen LogP contribution in [0.2, 0.25) is 0 Å². The Bertz CT molecular complexity index is 1390. The lowest BCUT2D eigenvalue weighted by molar-refractivity contribution is -0.123. The van der Waals surface area contributed by atoms with Crippen LogP contribution < -0.4 is 5.32 Å². The second-order valence-corrected chi connectivity index (χ2v) is 18.6. The summed E-state index contributed by atoms with van der Waals surface area (Å²) in [5.74, 6) is -0.0914. The maximum absolute atomic E-state index is 12.5. The predicted molar refractivity (Wildman–Crippen MR) is 303 cm³/mol. The van der Waals surface area contributed by atoms with Crippen molar-refractivity contribution in [2.45, 2.75) is 257 Å². The number of carbonyl (C=O) groups excluding carboxylic acids is 1. The fourth-order valence-electron chi connectivity index (χ4n) is 7.81. The van der Waals surface area contributed by atoms with Crippen LogP contribution in [0.15, 0.2) is 134 Å². The van der Waals surface area contributed by atoms with Gasteiger partial charge >= 0.3 is 0 Å². The molecule has 3 N–H and O–H groups in total. The van der Waals surface area contributed by atoms with Gasteiger partial charge in [-0.3, -0.25) is 4.79 Å². The first-order valence-corrected chi connectivity index (χ1v) is 28.4. The summed E-state index contributed by atoms with van der Waals surface area (Å²) in [5, 5.41) is 23.1. The van der Waals surface area contributed by atoms with Gasteiger partial charge in [-0.25, -0.2) is 0 Å². The highest BCUT2D eigenvalue weighted by Crippen LogP contribution is 2.14. The fourth-order valence-corrected chi connectivity index (χ4v) is 7.81. The molecule has 0 aliphatic rings. The maximum atomic E-state index is 12.5. The summed E-state index contributed by atoms with van der Waals surface area (Å²) in [6.45, 7) is 4.18. The van der Waals surface area contributed by atoms with E-state index in [1.54, 1.807) is 6.08 Å². The third-order valence-electron chi connectivity index (χ3n) is 12.1. The van der Waals surface area contributed by atoms with E-state index < -0.39 is 12.1 Å². The molecule has 68 heavy (non-hydrogen) atoms. The summed E-state index contributed by atoms with van der Waals surface area (Å²) in [6, 6.07) is -0.661. The van der Waals surface area contributed by atoms with Crippen LogP contribution >= 0.6 is 0 Å². The summed E-state index contributed by atoms with van der Waals surface area (Å²) in [7, 11) is 0. The third kappa shape index (κ3) is 53.5. The lowest BCUT2D eigenvalue weighted by Gasteiger charge is -2.19. The molecule has 0 saturated heterocycles. The minimum Gasteiger partial charge on any atom is -0.394 e. The molecule has 2 atom stereocenters. The minimum atomic E-state index is -0.884. The fraction of sp³-hybridized carbons (Fsp3) is 0.641. The number of hydrogen-bond acceptors (Lipinski definition) is 3. The molecule has 0 aliphatic carbocycles. The smallest absolute Gasteiger partial charge is 0.220 e. The molecule has 1 amide bonds. The molecule has 0 aromatic heterocycles. The van der Waals surface area contributed by atoms with Gasteiger partial charge in [0.2, 0.25) is 5.91 Å². The molecule has 0 saturated carbocycles. The van der Waals surface area contributed by atoms with Gasteiger partial charge in [0, 0.05) is 6.42 Å². The van der Waals surface area contributed by atoms with Crippen LogP contribution in [-0.4, -0.2) is 34.9 Å². The highest BCUT2D eigenvalue weighted by Gasteiger charge is 2.17. The van der Waals surface area contributed by atoms with E-state index in [1.165, 1.54) is 122 Å². The Balaban J connectivity index is 3.67. The van der Waals surface area contributed by atoms with Gasteiger partial charge in [0.1, 0.15) is 0 Å². The Morgan fingerprint density at radius 2 is 0.662 bits per heavy atom. The highest BCUT2D eigenvalue weighted by atomic mass is 16.3. The van der Waals surface area contributed by atoms with Crippen molar-refractivity contribution >= 4 is 5.91 Å². The van der Waals surface area contributed by atoms with Crippen LogP contribution in [0, 0.1) is 0 Å². The lowest BCUT2D eigenvalue weighted by atomic mass is 10.0. The van der Waals surface area contributed by atoms with Crippen LogP contribution in [0.25, 0.3) is 0 Å². The molecule has 4 nitrogen and oxygen atoms in total. The highest BCUT2D eigenvalue weighted by molar-refractivity contribution is 5.76. The Hall–Kier alpha value is -3.47. The molecular formula is C64H107NO3. The first-order chi connectivity index (χ1) is 33.7. The first kappa shape index (κ1) is 64.5. The summed E-state index contributed by atoms with van der Waals surface area (Å²) in [4.78, 5) is 12.5. The molecule has 0 radical (unpaired) electrons. The van der Waals surface area contributed by atoms with Gasteiger partial charge in [0.05, 0.1) is 18.8 Å². The Morgan fingerprint density at radius 3 is 1.03 bits per heavy atom. The van der Waals surface area contributed by atoms with Gasteiger partial charge in [-0.15, -0.1) is 0 Å². The van der Waals surface area contributed by atoms with Crippen LogP contribution in [-0.2, 0) is 4.79 Å². The number of aliphatic hydroxyl groups is 2. The van der Waals surface area contributed by atoms with Crippen LogP contribution in [0.4, 0.5) is 0 Å². The van der Waals surface area contributed by atoms with E-state index in [2.05, 4.69) is 141 Å². The molecule has 386 valence electrons. The van der Waals surface area contributed by atoms with E-state index in [1.807, 2.05) is 6.08 Å². The van der Waals surface area contributed by atoms with Crippen molar-refractivity contribution in [3.63, 3.8) is 0 Å². The Morgan fingerprint density at radius 1 is 0.368 bits per heavy atom. The van der Waals surface area contributed by atoms with Crippen molar-refractivity contribution in [3.8, 4) is 0 Å². The average molecular weight is 939 g/mol. The molecule has 0 aromatic carbocycles. The van der Waals surface area contributed by atoms with E-state index in [0.29, 0.717) is 6.42 Å². The molecule has 0 rings (SSSR count). The van der Waals surface area contributed by atoms with Crippen molar-refractivity contribution in [1.82, 2.24) is 5.32 Å². The number of aliphatic hydroxyl groups excluding tert-OH is 2. The zero-order valence-electron chi connectivity index (χ0n) is 44.3. The summed E-state index contributed by atoms with van der Waals surface area (Å²) in [5.41, 5.74) is 0. The topological polar surface area (TPSA) is 69.6 Å². The van der Waals surface area contributed by atoms with Crippen molar-refractivity contribution in [2.75, 3.05) is 6.61 Å². The number of amides is 1. The standard InChI is InChI=1S/C64H107NO3/c1-3-5-7-9-11-13-15-17-19-21-23-25-27-28-29-30-31-32-33-34-35-36-38-40-42-44-46-48-50-52-54-56-58-60-64(68)65-62(61-66)63(67)59-57-55-53-51-49-47-45-43-41-39-37-26-24-22-20-18-16-14-12-10-8-6-4-2/h5,7,11,13,17,19,23,25,28-29,31-32,34-35,38,40-41,43,49,51,57,59,62-63,66-67H,3-4,6,8-10,12,14-16,18,20-22,24,26-27,30,33,36-37,39,42,44-48,50,52-56,58,60-61H2,1-2H3,(H,65,68)/b7-5-,13-11-,19-17-,25-23-,29-28-,32-31-,35-34-,40-38-,43-41+,51-49+,59-57+. The van der Waals surface area contributed by atoms with Gasteiger partial charge in [0.25, 0.3) is 0 Å². The molecule has 4 heteroatoms. The van der Waals surface area contributed by atoms with Crippen molar-refractivity contribution in [3.05, 3.63) is 134 Å². The summed E-state index contributed by atoms with van der Waals surface area (Å²) < 4.78 is 0. The molecule has 0 fully saturated rings. The van der Waals surface area contributed by atoms with Crippen LogP contribution in [0.5, 0.6) is 0 Å². The zero-order valence-corrected chi connectivity index (χ0v) is 44.3.